The predicted molar refractivity (Wildman–Crippen MR) is 127 cm³/mol. The summed E-state index contributed by atoms with van der Waals surface area (Å²) < 4.78 is 12.5. The molecule has 0 unspecified atom stereocenters. The summed E-state index contributed by atoms with van der Waals surface area (Å²) in [5.74, 6) is 1.14. The smallest absolute Gasteiger partial charge is 0.242 e. The Labute approximate surface area is 195 Å². The van der Waals surface area contributed by atoms with Crippen molar-refractivity contribution in [2.75, 3.05) is 19.0 Å². The number of nitrogens with one attached hydrogen (secondary N) is 1. The average Bonchev–Trinajstić information content (AvgIpc) is 3.33. The van der Waals surface area contributed by atoms with Crippen LogP contribution in [0.4, 0.5) is 5.69 Å². The molecule has 0 radical (unpaired) electrons. The minimum atomic E-state index is -0.594. The van der Waals surface area contributed by atoms with Crippen LogP contribution in [-0.4, -0.2) is 39.8 Å². The van der Waals surface area contributed by atoms with Crippen LogP contribution in [-0.2, 0) is 4.79 Å². The number of nitrogens with zero attached hydrogens (tertiary/aromatic N) is 4. The van der Waals surface area contributed by atoms with Gasteiger partial charge in [-0.05, 0) is 59.3 Å². The Morgan fingerprint density at radius 3 is 2.48 bits per heavy atom. The molecule has 0 aliphatic carbocycles. The zero-order valence-electron chi connectivity index (χ0n) is 18.2. The number of carbonyl (C=O) groups is 1. The lowest BCUT2D eigenvalue weighted by Gasteiger charge is -2.18. The summed E-state index contributed by atoms with van der Waals surface area (Å²) in [7, 11) is 1.61. The normalized spacial score (nSPS) is 11.6. The van der Waals surface area contributed by atoms with Crippen LogP contribution in [0.1, 0.15) is 17.7 Å². The molecule has 0 spiro atoms. The van der Waals surface area contributed by atoms with E-state index < -0.39 is 5.25 Å². The molecular weight excluding hydrogens is 438 g/mol. The molecule has 0 fully saturated rings. The number of ether oxygens (including phenoxy) is 2. The van der Waals surface area contributed by atoms with Crippen molar-refractivity contribution < 1.29 is 14.3 Å². The van der Waals surface area contributed by atoms with Crippen molar-refractivity contribution in [2.24, 2.45) is 0 Å². The summed E-state index contributed by atoms with van der Waals surface area (Å²) in [6.07, 6.45) is 0. The van der Waals surface area contributed by atoms with Gasteiger partial charge in [-0.15, -0.1) is 5.10 Å². The van der Waals surface area contributed by atoms with E-state index in [2.05, 4.69) is 20.8 Å². The monoisotopic (exact) mass is 461 g/mol. The van der Waals surface area contributed by atoms with Gasteiger partial charge >= 0.3 is 0 Å². The maximum atomic E-state index is 13.4. The molecule has 168 valence electrons. The van der Waals surface area contributed by atoms with Crippen LogP contribution in [0.25, 0.3) is 5.69 Å². The molecule has 1 heterocycles. The molecule has 3 aromatic carbocycles. The Bertz CT molecular complexity index is 1200. The van der Waals surface area contributed by atoms with Crippen molar-refractivity contribution in [2.45, 2.75) is 17.3 Å². The number of amides is 1. The van der Waals surface area contributed by atoms with Crippen LogP contribution in [0.2, 0.25) is 0 Å². The van der Waals surface area contributed by atoms with Crippen LogP contribution < -0.4 is 14.8 Å². The highest BCUT2D eigenvalue weighted by Gasteiger charge is 2.26. The lowest BCUT2D eigenvalue weighted by molar-refractivity contribution is -0.115. The molecule has 0 saturated heterocycles. The zero-order chi connectivity index (χ0) is 23.0. The van der Waals surface area contributed by atoms with Crippen molar-refractivity contribution in [3.8, 4) is 17.2 Å². The van der Waals surface area contributed by atoms with Gasteiger partial charge in [-0.1, -0.05) is 54.2 Å². The highest BCUT2D eigenvalue weighted by atomic mass is 32.2. The number of rotatable bonds is 9. The number of thioether (sulfide) groups is 1. The van der Waals surface area contributed by atoms with E-state index in [0.29, 0.717) is 23.2 Å². The number of hydrogen-bond donors (Lipinski definition) is 1. The fraction of sp³-hybridized carbons (Fsp3) is 0.167. The van der Waals surface area contributed by atoms with Crippen molar-refractivity contribution in [1.82, 2.24) is 20.2 Å². The summed E-state index contributed by atoms with van der Waals surface area (Å²) in [6.45, 7) is 2.40. The molecule has 0 aliphatic rings. The Morgan fingerprint density at radius 2 is 1.76 bits per heavy atom. The number of hydrogen-bond acceptors (Lipinski definition) is 7. The lowest BCUT2D eigenvalue weighted by Crippen LogP contribution is -2.20. The van der Waals surface area contributed by atoms with Crippen molar-refractivity contribution in [1.29, 1.82) is 0 Å². The van der Waals surface area contributed by atoms with Gasteiger partial charge in [0, 0.05) is 0 Å². The third-order valence-electron chi connectivity index (χ3n) is 4.77. The SMILES string of the molecule is CCOc1ccccc1NC(=O)[C@H](Sc1nnnn1-c1ccc(OC)cc1)c1ccccc1. The first-order chi connectivity index (χ1) is 16.2. The molecule has 1 aromatic heterocycles. The van der Waals surface area contributed by atoms with E-state index in [1.807, 2.05) is 85.8 Å². The second-order valence-electron chi connectivity index (χ2n) is 6.90. The van der Waals surface area contributed by atoms with E-state index in [4.69, 9.17) is 9.47 Å². The Balaban J connectivity index is 1.63. The number of benzene rings is 3. The minimum Gasteiger partial charge on any atom is -0.497 e. The molecule has 33 heavy (non-hydrogen) atoms. The predicted octanol–water partition coefficient (Wildman–Crippen LogP) is 4.54. The first kappa shape index (κ1) is 22.3. The van der Waals surface area contributed by atoms with Crippen molar-refractivity contribution in [3.63, 3.8) is 0 Å². The highest BCUT2D eigenvalue weighted by Crippen LogP contribution is 2.36. The van der Waals surface area contributed by atoms with E-state index in [-0.39, 0.29) is 5.91 Å². The van der Waals surface area contributed by atoms with Crippen molar-refractivity contribution in [3.05, 3.63) is 84.4 Å². The Morgan fingerprint density at radius 1 is 1.03 bits per heavy atom. The largest absolute Gasteiger partial charge is 0.497 e. The van der Waals surface area contributed by atoms with Crippen LogP contribution in [0.15, 0.2) is 84.0 Å². The lowest BCUT2D eigenvalue weighted by atomic mass is 10.1. The third-order valence-corrected chi connectivity index (χ3v) is 5.95. The maximum absolute atomic E-state index is 13.4. The molecule has 0 bridgehead atoms. The molecule has 0 saturated carbocycles. The van der Waals surface area contributed by atoms with Gasteiger partial charge in [0.25, 0.3) is 0 Å². The zero-order valence-corrected chi connectivity index (χ0v) is 19.0. The second-order valence-corrected chi connectivity index (χ2v) is 7.97. The fourth-order valence-corrected chi connectivity index (χ4v) is 4.19. The van der Waals surface area contributed by atoms with Crippen LogP contribution in [0.5, 0.6) is 11.5 Å². The fourth-order valence-electron chi connectivity index (χ4n) is 3.19. The van der Waals surface area contributed by atoms with E-state index >= 15 is 0 Å². The van der Waals surface area contributed by atoms with Gasteiger partial charge in [0.15, 0.2) is 0 Å². The molecular formula is C24H23N5O3S. The Hall–Kier alpha value is -3.85. The van der Waals surface area contributed by atoms with Crippen LogP contribution in [0.3, 0.4) is 0 Å². The number of carbonyl (C=O) groups excluding carboxylic acids is 1. The number of tetrazole rings is 1. The first-order valence-electron chi connectivity index (χ1n) is 10.4. The molecule has 1 amide bonds. The Kier molecular flexibility index (Phi) is 7.21. The number of methoxy groups -OCH3 is 1. The summed E-state index contributed by atoms with van der Waals surface area (Å²) in [4.78, 5) is 13.4. The third kappa shape index (κ3) is 5.32. The summed E-state index contributed by atoms with van der Waals surface area (Å²) in [5.41, 5.74) is 2.20. The first-order valence-corrected chi connectivity index (χ1v) is 11.2. The maximum Gasteiger partial charge on any atom is 0.242 e. The molecule has 0 aliphatic heterocycles. The van der Waals surface area contributed by atoms with Gasteiger partial charge in [0.1, 0.15) is 16.7 Å². The molecule has 1 N–H and O–H groups in total. The van der Waals surface area contributed by atoms with E-state index in [0.717, 1.165) is 17.0 Å². The van der Waals surface area contributed by atoms with Gasteiger partial charge in [-0.2, -0.15) is 4.68 Å². The van der Waals surface area contributed by atoms with E-state index in [9.17, 15) is 4.79 Å². The average molecular weight is 462 g/mol. The summed E-state index contributed by atoms with van der Waals surface area (Å²) in [6, 6.07) is 24.3. The molecule has 9 heteroatoms. The van der Waals surface area contributed by atoms with Gasteiger partial charge in [-0.25, -0.2) is 0 Å². The van der Waals surface area contributed by atoms with Crippen molar-refractivity contribution >= 4 is 23.4 Å². The van der Waals surface area contributed by atoms with Gasteiger partial charge < -0.3 is 14.8 Å². The van der Waals surface area contributed by atoms with Crippen LogP contribution in [0, 0.1) is 0 Å². The second kappa shape index (κ2) is 10.6. The number of para-hydroxylation sites is 2. The van der Waals surface area contributed by atoms with Gasteiger partial charge in [0.2, 0.25) is 11.1 Å². The summed E-state index contributed by atoms with van der Waals surface area (Å²) in [5, 5.41) is 15.0. The van der Waals surface area contributed by atoms with Gasteiger partial charge in [-0.3, -0.25) is 4.79 Å². The topological polar surface area (TPSA) is 91.2 Å². The highest BCUT2D eigenvalue weighted by molar-refractivity contribution is 8.00. The van der Waals surface area contributed by atoms with E-state index in [1.165, 1.54) is 11.8 Å². The molecule has 8 nitrogen and oxygen atoms in total. The standard InChI is InChI=1S/C24H23N5O3S/c1-3-32-21-12-8-7-11-20(21)25-23(30)22(17-9-5-4-6-10-17)33-24-26-27-28-29(24)18-13-15-19(31-2)16-14-18/h4-16,22H,3H2,1-2H3,(H,25,30)/t22-/m1/s1. The molecule has 1 atom stereocenters. The van der Waals surface area contributed by atoms with Crippen LogP contribution >= 0.6 is 11.8 Å². The number of aromatic nitrogens is 4. The van der Waals surface area contributed by atoms with E-state index in [1.54, 1.807) is 11.8 Å². The minimum absolute atomic E-state index is 0.206. The number of anilines is 1. The quantitative estimate of drug-likeness (QED) is 0.366. The molecule has 4 aromatic rings. The van der Waals surface area contributed by atoms with Gasteiger partial charge in [0.05, 0.1) is 25.1 Å². The summed E-state index contributed by atoms with van der Waals surface area (Å²) >= 11 is 1.27. The molecule has 4 rings (SSSR count).